The van der Waals surface area contributed by atoms with Gasteiger partial charge in [-0.3, -0.25) is 0 Å². The quantitative estimate of drug-likeness (QED) is 0.755. The summed E-state index contributed by atoms with van der Waals surface area (Å²) in [4.78, 5) is 1.11. The van der Waals surface area contributed by atoms with Crippen molar-refractivity contribution in [2.45, 2.75) is 12.5 Å². The van der Waals surface area contributed by atoms with Crippen LogP contribution >= 0.6 is 22.9 Å². The van der Waals surface area contributed by atoms with Crippen molar-refractivity contribution in [3.05, 3.63) is 21.3 Å². The van der Waals surface area contributed by atoms with Crippen LogP contribution in [0.5, 0.6) is 0 Å². The second-order valence-electron chi connectivity index (χ2n) is 3.14. The Morgan fingerprint density at radius 3 is 2.80 bits per heavy atom. The van der Waals surface area contributed by atoms with Gasteiger partial charge in [-0.05, 0) is 18.6 Å². The van der Waals surface area contributed by atoms with Gasteiger partial charge in [0.15, 0.2) is 0 Å². The van der Waals surface area contributed by atoms with E-state index in [1.54, 1.807) is 7.11 Å². The lowest BCUT2D eigenvalue weighted by molar-refractivity contribution is 0.0673. The highest BCUT2D eigenvalue weighted by Crippen LogP contribution is 2.27. The number of hydrogen-bond acceptors (Lipinski definition) is 4. The first-order chi connectivity index (χ1) is 7.24. The molecule has 0 fully saturated rings. The van der Waals surface area contributed by atoms with E-state index < -0.39 is 0 Å². The lowest BCUT2D eigenvalue weighted by Gasteiger charge is -2.09. The van der Waals surface area contributed by atoms with Crippen LogP contribution in [0, 0.1) is 0 Å². The molecule has 15 heavy (non-hydrogen) atoms. The Kier molecular flexibility index (Phi) is 6.20. The molecule has 0 saturated heterocycles. The molecule has 1 aromatic rings. The second kappa shape index (κ2) is 7.19. The molecule has 0 bridgehead atoms. The third kappa shape index (κ3) is 4.95. The molecule has 1 atom stereocenters. The van der Waals surface area contributed by atoms with E-state index in [9.17, 15) is 0 Å². The number of nitrogens with two attached hydrogens (primary N) is 1. The molecule has 0 amide bonds. The lowest BCUT2D eigenvalue weighted by atomic mass is 10.2. The number of rotatable bonds is 7. The summed E-state index contributed by atoms with van der Waals surface area (Å²) < 4.78 is 11.0. The highest BCUT2D eigenvalue weighted by atomic mass is 35.5. The van der Waals surface area contributed by atoms with E-state index in [4.69, 9.17) is 26.8 Å². The van der Waals surface area contributed by atoms with Crippen LogP contribution in [0.15, 0.2) is 12.1 Å². The average Bonchev–Trinajstić information content (AvgIpc) is 2.64. The van der Waals surface area contributed by atoms with Gasteiger partial charge in [-0.15, -0.1) is 11.3 Å². The van der Waals surface area contributed by atoms with Crippen molar-refractivity contribution >= 4 is 22.9 Å². The van der Waals surface area contributed by atoms with Crippen LogP contribution in [0.25, 0.3) is 0 Å². The van der Waals surface area contributed by atoms with Crippen LogP contribution in [0.2, 0.25) is 4.34 Å². The van der Waals surface area contributed by atoms with Gasteiger partial charge in [0.2, 0.25) is 0 Å². The van der Waals surface area contributed by atoms with E-state index in [0.29, 0.717) is 19.8 Å². The van der Waals surface area contributed by atoms with Crippen LogP contribution in [-0.2, 0) is 9.47 Å². The first-order valence-electron chi connectivity index (χ1n) is 4.81. The minimum Gasteiger partial charge on any atom is -0.382 e. The maximum absolute atomic E-state index is 5.96. The van der Waals surface area contributed by atoms with Gasteiger partial charge >= 0.3 is 0 Å². The normalized spacial score (nSPS) is 13.0. The van der Waals surface area contributed by atoms with Crippen LogP contribution in [-0.4, -0.2) is 26.9 Å². The highest BCUT2D eigenvalue weighted by Gasteiger charge is 2.08. The molecule has 0 spiro atoms. The first-order valence-corrected chi connectivity index (χ1v) is 6.01. The molecule has 0 aromatic carbocycles. The van der Waals surface area contributed by atoms with Gasteiger partial charge in [0.1, 0.15) is 0 Å². The summed E-state index contributed by atoms with van der Waals surface area (Å²) in [6, 6.07) is 3.85. The summed E-state index contributed by atoms with van der Waals surface area (Å²) in [5.74, 6) is 0. The predicted molar refractivity (Wildman–Crippen MR) is 63.6 cm³/mol. The Morgan fingerprint density at radius 1 is 1.40 bits per heavy atom. The molecule has 0 radical (unpaired) electrons. The lowest BCUT2D eigenvalue weighted by Crippen LogP contribution is -2.13. The third-order valence-electron chi connectivity index (χ3n) is 1.96. The molecular weight excluding hydrogens is 234 g/mol. The van der Waals surface area contributed by atoms with Crippen molar-refractivity contribution in [2.24, 2.45) is 5.73 Å². The third-order valence-corrected chi connectivity index (χ3v) is 3.33. The second-order valence-corrected chi connectivity index (χ2v) is 4.89. The molecule has 1 rings (SSSR count). The van der Waals surface area contributed by atoms with E-state index in [1.807, 2.05) is 12.1 Å². The number of methoxy groups -OCH3 is 1. The Morgan fingerprint density at radius 2 is 2.20 bits per heavy atom. The van der Waals surface area contributed by atoms with Crippen molar-refractivity contribution in [1.82, 2.24) is 0 Å². The Bertz CT molecular complexity index is 280. The predicted octanol–water partition coefficient (Wildman–Crippen LogP) is 2.45. The monoisotopic (exact) mass is 249 g/mol. The van der Waals surface area contributed by atoms with Gasteiger partial charge in [0, 0.05) is 24.6 Å². The summed E-state index contributed by atoms with van der Waals surface area (Å²) in [7, 11) is 1.66. The smallest absolute Gasteiger partial charge is 0.0931 e. The van der Waals surface area contributed by atoms with Crippen molar-refractivity contribution in [1.29, 1.82) is 0 Å². The molecule has 1 heterocycles. The fraction of sp³-hybridized carbons (Fsp3) is 0.600. The number of ether oxygens (including phenoxy) is 2. The molecule has 3 nitrogen and oxygen atoms in total. The fourth-order valence-corrected chi connectivity index (χ4v) is 2.22. The van der Waals surface area contributed by atoms with Gasteiger partial charge in [-0.2, -0.15) is 0 Å². The van der Waals surface area contributed by atoms with E-state index >= 15 is 0 Å². The standard InChI is InChI=1S/C10H16ClNO2S/c1-13-6-7-14-5-4-8(12)9-2-3-10(11)15-9/h2-3,8H,4-7,12H2,1H3. The largest absolute Gasteiger partial charge is 0.382 e. The molecule has 86 valence electrons. The number of halogens is 1. The van der Waals surface area contributed by atoms with Crippen LogP contribution in [0.3, 0.4) is 0 Å². The molecule has 0 aliphatic carbocycles. The Hall–Kier alpha value is -0.130. The summed E-state index contributed by atoms with van der Waals surface area (Å²) in [5, 5.41) is 0. The minimum absolute atomic E-state index is 0.0186. The van der Waals surface area contributed by atoms with Gasteiger partial charge in [-0.25, -0.2) is 0 Å². The first kappa shape index (κ1) is 12.9. The SMILES string of the molecule is COCCOCCC(N)c1ccc(Cl)s1. The maximum atomic E-state index is 5.96. The van der Waals surface area contributed by atoms with Crippen molar-refractivity contribution in [2.75, 3.05) is 26.9 Å². The fourth-order valence-electron chi connectivity index (χ4n) is 1.12. The summed E-state index contributed by atoms with van der Waals surface area (Å²) >= 11 is 7.35. The zero-order chi connectivity index (χ0) is 11.1. The molecule has 5 heteroatoms. The zero-order valence-electron chi connectivity index (χ0n) is 8.74. The summed E-state index contributed by atoms with van der Waals surface area (Å²) in [6.45, 7) is 1.90. The average molecular weight is 250 g/mol. The van der Waals surface area contributed by atoms with Crippen LogP contribution in [0.4, 0.5) is 0 Å². The highest BCUT2D eigenvalue weighted by molar-refractivity contribution is 7.16. The van der Waals surface area contributed by atoms with Gasteiger partial charge in [-0.1, -0.05) is 11.6 Å². The van der Waals surface area contributed by atoms with E-state index in [1.165, 1.54) is 11.3 Å². The zero-order valence-corrected chi connectivity index (χ0v) is 10.3. The molecule has 0 saturated carbocycles. The minimum atomic E-state index is 0.0186. The van der Waals surface area contributed by atoms with Crippen LogP contribution < -0.4 is 5.73 Å². The summed E-state index contributed by atoms with van der Waals surface area (Å²) in [5.41, 5.74) is 5.96. The van der Waals surface area contributed by atoms with E-state index in [-0.39, 0.29) is 6.04 Å². The van der Waals surface area contributed by atoms with Crippen LogP contribution in [0.1, 0.15) is 17.3 Å². The number of thiophene rings is 1. The number of hydrogen-bond donors (Lipinski definition) is 1. The maximum Gasteiger partial charge on any atom is 0.0931 e. The van der Waals surface area contributed by atoms with Gasteiger partial charge in [0.25, 0.3) is 0 Å². The Labute approximate surface area is 99.1 Å². The molecule has 2 N–H and O–H groups in total. The van der Waals surface area contributed by atoms with Crippen molar-refractivity contribution < 1.29 is 9.47 Å². The van der Waals surface area contributed by atoms with Gasteiger partial charge < -0.3 is 15.2 Å². The van der Waals surface area contributed by atoms with Gasteiger partial charge in [0.05, 0.1) is 17.6 Å². The van der Waals surface area contributed by atoms with Crippen molar-refractivity contribution in [3.8, 4) is 0 Å². The Balaban J connectivity index is 2.16. The summed E-state index contributed by atoms with van der Waals surface area (Å²) in [6.07, 6.45) is 0.806. The van der Waals surface area contributed by atoms with Crippen molar-refractivity contribution in [3.63, 3.8) is 0 Å². The topological polar surface area (TPSA) is 44.5 Å². The molecular formula is C10H16ClNO2S. The molecule has 0 aliphatic rings. The molecule has 1 unspecified atom stereocenters. The van der Waals surface area contributed by atoms with E-state index in [0.717, 1.165) is 15.6 Å². The van der Waals surface area contributed by atoms with E-state index in [2.05, 4.69) is 0 Å². The molecule has 0 aliphatic heterocycles. The molecule has 1 aromatic heterocycles.